The van der Waals surface area contributed by atoms with Gasteiger partial charge in [0, 0.05) is 24.2 Å². The molecule has 1 aromatic rings. The predicted octanol–water partition coefficient (Wildman–Crippen LogP) is 2.22. The standard InChI is InChI=1S/C13H20ClNO3/c1-4-18-13-6-11(14)10(5-12(13)17-3)8-15-7-9(2)16/h5-6,9,15-16H,4,7-8H2,1-3H3. The largest absolute Gasteiger partial charge is 0.493 e. The molecule has 0 fully saturated rings. The second kappa shape index (κ2) is 7.46. The van der Waals surface area contributed by atoms with E-state index in [-0.39, 0.29) is 6.10 Å². The normalized spacial score (nSPS) is 12.3. The van der Waals surface area contributed by atoms with Crippen LogP contribution in [0.15, 0.2) is 12.1 Å². The van der Waals surface area contributed by atoms with Gasteiger partial charge in [-0.2, -0.15) is 0 Å². The molecule has 0 spiro atoms. The van der Waals surface area contributed by atoms with Crippen molar-refractivity contribution >= 4 is 11.6 Å². The molecule has 0 saturated heterocycles. The second-order valence-electron chi connectivity index (χ2n) is 4.01. The lowest BCUT2D eigenvalue weighted by molar-refractivity contribution is 0.191. The van der Waals surface area contributed by atoms with Gasteiger partial charge in [-0.3, -0.25) is 0 Å². The minimum absolute atomic E-state index is 0.381. The average Bonchev–Trinajstić information content (AvgIpc) is 2.32. The van der Waals surface area contributed by atoms with Crippen molar-refractivity contribution in [2.75, 3.05) is 20.3 Å². The predicted molar refractivity (Wildman–Crippen MR) is 72.6 cm³/mol. The van der Waals surface area contributed by atoms with Crippen molar-refractivity contribution in [3.05, 3.63) is 22.7 Å². The molecule has 0 saturated carbocycles. The van der Waals surface area contributed by atoms with Gasteiger partial charge in [-0.15, -0.1) is 0 Å². The van der Waals surface area contributed by atoms with Crippen LogP contribution in [0.2, 0.25) is 5.02 Å². The number of rotatable bonds is 7. The molecule has 102 valence electrons. The van der Waals surface area contributed by atoms with Gasteiger partial charge in [0.25, 0.3) is 0 Å². The molecule has 0 aliphatic rings. The first-order valence-corrected chi connectivity index (χ1v) is 6.34. The lowest BCUT2D eigenvalue weighted by atomic mass is 10.2. The van der Waals surface area contributed by atoms with Gasteiger partial charge in [-0.1, -0.05) is 11.6 Å². The molecular formula is C13H20ClNO3. The number of halogens is 1. The molecular weight excluding hydrogens is 254 g/mol. The number of aliphatic hydroxyl groups is 1. The van der Waals surface area contributed by atoms with Crippen LogP contribution in [0.3, 0.4) is 0 Å². The first-order valence-electron chi connectivity index (χ1n) is 5.96. The molecule has 0 radical (unpaired) electrons. The summed E-state index contributed by atoms with van der Waals surface area (Å²) in [6.07, 6.45) is -0.381. The minimum Gasteiger partial charge on any atom is -0.493 e. The van der Waals surface area contributed by atoms with Crippen molar-refractivity contribution in [3.8, 4) is 11.5 Å². The van der Waals surface area contributed by atoms with E-state index in [1.807, 2.05) is 13.0 Å². The summed E-state index contributed by atoms with van der Waals surface area (Å²) in [6, 6.07) is 3.60. The van der Waals surface area contributed by atoms with Crippen LogP contribution in [0, 0.1) is 0 Å². The Labute approximate surface area is 113 Å². The highest BCUT2D eigenvalue weighted by atomic mass is 35.5. The van der Waals surface area contributed by atoms with Crippen molar-refractivity contribution < 1.29 is 14.6 Å². The maximum Gasteiger partial charge on any atom is 0.162 e. The van der Waals surface area contributed by atoms with Crippen LogP contribution in [-0.2, 0) is 6.54 Å². The Morgan fingerprint density at radius 3 is 2.67 bits per heavy atom. The fourth-order valence-corrected chi connectivity index (χ4v) is 1.78. The fraction of sp³-hybridized carbons (Fsp3) is 0.538. The Hall–Kier alpha value is -0.970. The molecule has 0 aliphatic carbocycles. The third-order valence-corrected chi connectivity index (χ3v) is 2.74. The van der Waals surface area contributed by atoms with Crippen molar-refractivity contribution in [3.63, 3.8) is 0 Å². The Balaban J connectivity index is 2.79. The molecule has 1 atom stereocenters. The van der Waals surface area contributed by atoms with E-state index in [0.717, 1.165) is 5.56 Å². The monoisotopic (exact) mass is 273 g/mol. The van der Waals surface area contributed by atoms with Crippen molar-refractivity contribution in [1.82, 2.24) is 5.32 Å². The first kappa shape index (κ1) is 15.1. The van der Waals surface area contributed by atoms with Gasteiger partial charge in [0.15, 0.2) is 11.5 Å². The second-order valence-corrected chi connectivity index (χ2v) is 4.41. The van der Waals surface area contributed by atoms with Gasteiger partial charge in [0.05, 0.1) is 19.8 Å². The number of benzene rings is 1. The summed E-state index contributed by atoms with van der Waals surface area (Å²) in [5.74, 6) is 1.30. The Morgan fingerprint density at radius 2 is 2.11 bits per heavy atom. The van der Waals surface area contributed by atoms with Gasteiger partial charge in [0.2, 0.25) is 0 Å². The number of hydrogen-bond acceptors (Lipinski definition) is 4. The summed E-state index contributed by atoms with van der Waals surface area (Å²) in [6.45, 7) is 5.30. The van der Waals surface area contributed by atoms with Crippen LogP contribution < -0.4 is 14.8 Å². The molecule has 5 heteroatoms. The highest BCUT2D eigenvalue weighted by Gasteiger charge is 2.10. The molecule has 4 nitrogen and oxygen atoms in total. The summed E-state index contributed by atoms with van der Waals surface area (Å²) < 4.78 is 10.7. The van der Waals surface area contributed by atoms with Crippen molar-refractivity contribution in [1.29, 1.82) is 0 Å². The van der Waals surface area contributed by atoms with Gasteiger partial charge < -0.3 is 19.9 Å². The number of ether oxygens (including phenoxy) is 2. The summed E-state index contributed by atoms with van der Waals surface area (Å²) in [7, 11) is 1.60. The summed E-state index contributed by atoms with van der Waals surface area (Å²) in [5, 5.41) is 12.9. The van der Waals surface area contributed by atoms with Crippen LogP contribution in [0.5, 0.6) is 11.5 Å². The summed E-state index contributed by atoms with van der Waals surface area (Å²) >= 11 is 6.17. The number of methoxy groups -OCH3 is 1. The molecule has 0 bridgehead atoms. The highest BCUT2D eigenvalue weighted by molar-refractivity contribution is 6.31. The van der Waals surface area contributed by atoms with E-state index >= 15 is 0 Å². The maximum absolute atomic E-state index is 9.17. The quantitative estimate of drug-likeness (QED) is 0.800. The zero-order valence-corrected chi connectivity index (χ0v) is 11.8. The van der Waals surface area contributed by atoms with Crippen molar-refractivity contribution in [2.24, 2.45) is 0 Å². The minimum atomic E-state index is -0.381. The van der Waals surface area contributed by atoms with Crippen LogP contribution in [0.25, 0.3) is 0 Å². The molecule has 0 aromatic heterocycles. The van der Waals surface area contributed by atoms with Gasteiger partial charge in [-0.05, 0) is 25.5 Å². The summed E-state index contributed by atoms with van der Waals surface area (Å²) in [4.78, 5) is 0. The smallest absolute Gasteiger partial charge is 0.162 e. The third-order valence-electron chi connectivity index (χ3n) is 2.39. The number of hydrogen-bond donors (Lipinski definition) is 2. The Morgan fingerprint density at radius 1 is 1.39 bits per heavy atom. The van der Waals surface area contributed by atoms with Crippen LogP contribution in [0.4, 0.5) is 0 Å². The topological polar surface area (TPSA) is 50.7 Å². The van der Waals surface area contributed by atoms with E-state index in [4.69, 9.17) is 21.1 Å². The lowest BCUT2D eigenvalue weighted by Crippen LogP contribution is -2.24. The molecule has 0 amide bonds. The molecule has 2 N–H and O–H groups in total. The van der Waals surface area contributed by atoms with Crippen molar-refractivity contribution in [2.45, 2.75) is 26.5 Å². The van der Waals surface area contributed by atoms with E-state index in [1.54, 1.807) is 20.1 Å². The van der Waals surface area contributed by atoms with E-state index in [0.29, 0.717) is 36.2 Å². The van der Waals surface area contributed by atoms with Crippen LogP contribution in [0.1, 0.15) is 19.4 Å². The molecule has 1 aromatic carbocycles. The number of aliphatic hydroxyl groups excluding tert-OH is 1. The zero-order valence-electron chi connectivity index (χ0n) is 11.0. The van der Waals surface area contributed by atoms with Crippen LogP contribution >= 0.6 is 11.6 Å². The van der Waals surface area contributed by atoms with E-state index in [1.165, 1.54) is 0 Å². The van der Waals surface area contributed by atoms with Gasteiger partial charge in [-0.25, -0.2) is 0 Å². The SMILES string of the molecule is CCOc1cc(Cl)c(CNCC(C)O)cc1OC. The Kier molecular flexibility index (Phi) is 6.25. The third kappa shape index (κ3) is 4.37. The molecule has 0 heterocycles. The van der Waals surface area contributed by atoms with E-state index < -0.39 is 0 Å². The zero-order chi connectivity index (χ0) is 13.5. The lowest BCUT2D eigenvalue weighted by Gasteiger charge is -2.13. The van der Waals surface area contributed by atoms with Gasteiger partial charge in [0.1, 0.15) is 0 Å². The molecule has 1 unspecified atom stereocenters. The Bertz CT molecular complexity index is 383. The van der Waals surface area contributed by atoms with E-state index in [9.17, 15) is 5.11 Å². The molecule has 1 rings (SSSR count). The van der Waals surface area contributed by atoms with E-state index in [2.05, 4.69) is 5.32 Å². The van der Waals surface area contributed by atoms with Gasteiger partial charge >= 0.3 is 0 Å². The fourth-order valence-electron chi connectivity index (χ4n) is 1.56. The maximum atomic E-state index is 9.17. The average molecular weight is 274 g/mol. The first-order chi connectivity index (χ1) is 8.58. The summed E-state index contributed by atoms with van der Waals surface area (Å²) in [5.41, 5.74) is 0.914. The molecule has 0 aliphatic heterocycles. The number of nitrogens with one attached hydrogen (secondary N) is 1. The van der Waals surface area contributed by atoms with Crippen LogP contribution in [-0.4, -0.2) is 31.5 Å². The highest BCUT2D eigenvalue weighted by Crippen LogP contribution is 2.33. The molecule has 18 heavy (non-hydrogen) atoms.